The molecule has 0 radical (unpaired) electrons. The number of carbonyl (C=O) groups excluding carboxylic acids is 2. The summed E-state index contributed by atoms with van der Waals surface area (Å²) < 4.78 is 0. The second-order valence-corrected chi connectivity index (χ2v) is 10.1. The normalized spacial score (nSPS) is 10.8. The second-order valence-electron chi connectivity index (χ2n) is 10.1. The Hall–Kier alpha value is -2.66. The van der Waals surface area contributed by atoms with Crippen LogP contribution in [0.25, 0.3) is 0 Å². The highest BCUT2D eigenvalue weighted by molar-refractivity contribution is 5.97. The SMILES string of the molecule is CCCCCCCCCCCCCCCCNCC(=O)Nc1cccc(C(=O)NCc2ccccc2)c1. The van der Waals surface area contributed by atoms with Crippen LogP contribution < -0.4 is 16.0 Å². The van der Waals surface area contributed by atoms with Crippen LogP contribution in [0.4, 0.5) is 5.69 Å². The van der Waals surface area contributed by atoms with Gasteiger partial charge in [-0.3, -0.25) is 9.59 Å². The number of hydrogen-bond donors (Lipinski definition) is 3. The second kappa shape index (κ2) is 20.4. The smallest absolute Gasteiger partial charge is 0.251 e. The van der Waals surface area contributed by atoms with E-state index in [1.807, 2.05) is 30.3 Å². The Morgan fingerprint density at radius 2 is 1.27 bits per heavy atom. The zero-order valence-electron chi connectivity index (χ0n) is 23.0. The van der Waals surface area contributed by atoms with Gasteiger partial charge < -0.3 is 16.0 Å². The van der Waals surface area contributed by atoms with Gasteiger partial charge >= 0.3 is 0 Å². The summed E-state index contributed by atoms with van der Waals surface area (Å²) in [7, 11) is 0. The van der Waals surface area contributed by atoms with Gasteiger partial charge in [-0.15, -0.1) is 0 Å². The van der Waals surface area contributed by atoms with Crippen LogP contribution in [-0.2, 0) is 11.3 Å². The molecule has 0 unspecified atom stereocenters. The van der Waals surface area contributed by atoms with Crippen molar-refractivity contribution in [2.24, 2.45) is 0 Å². The van der Waals surface area contributed by atoms with Crippen LogP contribution in [0.15, 0.2) is 54.6 Å². The molecule has 2 aromatic carbocycles. The van der Waals surface area contributed by atoms with Gasteiger partial charge in [0.25, 0.3) is 5.91 Å². The number of nitrogens with one attached hydrogen (secondary N) is 3. The third-order valence-corrected chi connectivity index (χ3v) is 6.70. The minimum absolute atomic E-state index is 0.0905. The quantitative estimate of drug-likeness (QED) is 0.152. The van der Waals surface area contributed by atoms with Crippen LogP contribution >= 0.6 is 0 Å². The topological polar surface area (TPSA) is 70.2 Å². The maximum atomic E-state index is 12.5. The van der Waals surface area contributed by atoms with E-state index in [0.717, 1.165) is 18.5 Å². The summed E-state index contributed by atoms with van der Waals surface area (Å²) in [4.78, 5) is 24.7. The highest BCUT2D eigenvalue weighted by Crippen LogP contribution is 2.13. The summed E-state index contributed by atoms with van der Waals surface area (Å²) >= 11 is 0. The Morgan fingerprint density at radius 3 is 1.89 bits per heavy atom. The highest BCUT2D eigenvalue weighted by atomic mass is 16.2. The number of hydrogen-bond acceptors (Lipinski definition) is 3. The predicted molar refractivity (Wildman–Crippen MR) is 156 cm³/mol. The molecule has 0 saturated carbocycles. The van der Waals surface area contributed by atoms with Gasteiger partial charge in [0, 0.05) is 17.8 Å². The van der Waals surface area contributed by atoms with Crippen molar-refractivity contribution in [3.05, 3.63) is 65.7 Å². The third kappa shape index (κ3) is 15.2. The average molecular weight is 508 g/mol. The summed E-state index contributed by atoms with van der Waals surface area (Å²) in [5, 5.41) is 9.03. The largest absolute Gasteiger partial charge is 0.348 e. The summed E-state index contributed by atoms with van der Waals surface area (Å²) in [5.41, 5.74) is 2.21. The van der Waals surface area contributed by atoms with Crippen LogP contribution in [0.2, 0.25) is 0 Å². The van der Waals surface area contributed by atoms with Crippen molar-refractivity contribution in [1.29, 1.82) is 0 Å². The lowest BCUT2D eigenvalue weighted by Crippen LogP contribution is -2.29. The van der Waals surface area contributed by atoms with E-state index in [4.69, 9.17) is 0 Å². The maximum absolute atomic E-state index is 12.5. The molecule has 0 fully saturated rings. The van der Waals surface area contributed by atoms with Crippen LogP contribution in [-0.4, -0.2) is 24.9 Å². The van der Waals surface area contributed by atoms with Gasteiger partial charge in [0.05, 0.1) is 6.54 Å². The van der Waals surface area contributed by atoms with Crippen LogP contribution in [0.5, 0.6) is 0 Å². The summed E-state index contributed by atoms with van der Waals surface area (Å²) in [5.74, 6) is -0.247. The van der Waals surface area contributed by atoms with E-state index < -0.39 is 0 Å². The van der Waals surface area contributed by atoms with Crippen molar-refractivity contribution >= 4 is 17.5 Å². The first kappa shape index (κ1) is 30.6. The molecule has 2 amide bonds. The molecule has 0 aliphatic rings. The first-order chi connectivity index (χ1) is 18.2. The van der Waals surface area contributed by atoms with Crippen molar-refractivity contribution in [2.75, 3.05) is 18.4 Å². The monoisotopic (exact) mass is 507 g/mol. The van der Waals surface area contributed by atoms with E-state index in [0.29, 0.717) is 17.8 Å². The number of anilines is 1. The number of amides is 2. The standard InChI is InChI=1S/C32H49N3O2/c1-2-3-4-5-6-7-8-9-10-11-12-13-14-18-24-33-27-31(36)35-30-23-19-22-29(25-30)32(37)34-26-28-20-16-15-17-21-28/h15-17,19-23,25,33H,2-14,18,24,26-27H2,1H3,(H,34,37)(H,35,36). The number of benzene rings is 2. The lowest BCUT2D eigenvalue weighted by atomic mass is 10.0. The van der Waals surface area contributed by atoms with Crippen LogP contribution in [0, 0.1) is 0 Å². The Balaban J connectivity index is 1.45. The molecule has 5 nitrogen and oxygen atoms in total. The summed E-state index contributed by atoms with van der Waals surface area (Å²) in [6.45, 7) is 3.88. The minimum Gasteiger partial charge on any atom is -0.348 e. The van der Waals surface area contributed by atoms with E-state index in [1.165, 1.54) is 83.5 Å². The molecule has 0 heterocycles. The van der Waals surface area contributed by atoms with Gasteiger partial charge in [0.15, 0.2) is 0 Å². The minimum atomic E-state index is -0.157. The molecule has 5 heteroatoms. The maximum Gasteiger partial charge on any atom is 0.251 e. The molecule has 0 spiro atoms. The van der Waals surface area contributed by atoms with Gasteiger partial charge in [-0.2, -0.15) is 0 Å². The molecule has 204 valence electrons. The highest BCUT2D eigenvalue weighted by Gasteiger charge is 2.08. The van der Waals surface area contributed by atoms with Crippen LogP contribution in [0.3, 0.4) is 0 Å². The fourth-order valence-corrected chi connectivity index (χ4v) is 4.47. The Morgan fingerprint density at radius 1 is 0.676 bits per heavy atom. The molecule has 37 heavy (non-hydrogen) atoms. The molecule has 0 bridgehead atoms. The van der Waals surface area contributed by atoms with E-state index in [-0.39, 0.29) is 18.4 Å². The predicted octanol–water partition coefficient (Wildman–Crippen LogP) is 7.63. The van der Waals surface area contributed by atoms with Crippen LogP contribution in [0.1, 0.15) is 113 Å². The molecular weight excluding hydrogens is 458 g/mol. The van der Waals surface area contributed by atoms with Gasteiger partial charge in [-0.05, 0) is 36.7 Å². The average Bonchev–Trinajstić information content (AvgIpc) is 2.92. The van der Waals surface area contributed by atoms with Crippen molar-refractivity contribution < 1.29 is 9.59 Å². The van der Waals surface area contributed by atoms with Gasteiger partial charge in [0.1, 0.15) is 0 Å². The molecule has 0 aliphatic carbocycles. The van der Waals surface area contributed by atoms with E-state index >= 15 is 0 Å². The van der Waals surface area contributed by atoms with Crippen molar-refractivity contribution in [3.63, 3.8) is 0 Å². The summed E-state index contributed by atoms with van der Waals surface area (Å²) in [6, 6.07) is 16.9. The Bertz CT molecular complexity index is 869. The zero-order valence-corrected chi connectivity index (χ0v) is 23.0. The molecule has 3 N–H and O–H groups in total. The van der Waals surface area contributed by atoms with Crippen molar-refractivity contribution in [3.8, 4) is 0 Å². The van der Waals surface area contributed by atoms with E-state index in [1.54, 1.807) is 24.3 Å². The molecular formula is C32H49N3O2. The molecule has 0 atom stereocenters. The molecule has 2 rings (SSSR count). The number of rotatable bonds is 21. The number of carbonyl (C=O) groups is 2. The molecule has 2 aromatic rings. The summed E-state index contributed by atoms with van der Waals surface area (Å²) in [6.07, 6.45) is 18.9. The number of unbranched alkanes of at least 4 members (excludes halogenated alkanes) is 13. The first-order valence-corrected chi connectivity index (χ1v) is 14.6. The van der Waals surface area contributed by atoms with E-state index in [2.05, 4.69) is 22.9 Å². The molecule has 0 saturated heterocycles. The van der Waals surface area contributed by atoms with Crippen molar-refractivity contribution in [1.82, 2.24) is 10.6 Å². The Kier molecular flexibility index (Phi) is 16.9. The lowest BCUT2D eigenvalue weighted by Gasteiger charge is -2.09. The van der Waals surface area contributed by atoms with E-state index in [9.17, 15) is 9.59 Å². The third-order valence-electron chi connectivity index (χ3n) is 6.70. The lowest BCUT2D eigenvalue weighted by molar-refractivity contribution is -0.115. The van der Waals surface area contributed by atoms with Gasteiger partial charge in [-0.1, -0.05) is 127 Å². The fraction of sp³-hybridized carbons (Fsp3) is 0.562. The molecule has 0 aromatic heterocycles. The Labute approximate surface area is 225 Å². The first-order valence-electron chi connectivity index (χ1n) is 14.6. The van der Waals surface area contributed by atoms with Gasteiger partial charge in [-0.25, -0.2) is 0 Å². The van der Waals surface area contributed by atoms with Gasteiger partial charge in [0.2, 0.25) is 5.91 Å². The molecule has 0 aliphatic heterocycles. The fourth-order valence-electron chi connectivity index (χ4n) is 4.47. The van der Waals surface area contributed by atoms with Crippen molar-refractivity contribution in [2.45, 2.75) is 103 Å². The zero-order chi connectivity index (χ0) is 26.4.